The van der Waals surface area contributed by atoms with Crippen molar-refractivity contribution in [2.24, 2.45) is 22.7 Å². The third kappa shape index (κ3) is 9.12. The molecule has 2 bridgehead atoms. The molecule has 0 radical (unpaired) electrons. The van der Waals surface area contributed by atoms with Crippen LogP contribution in [0.2, 0.25) is 0 Å². The highest BCUT2D eigenvalue weighted by atomic mass is 16.6. The van der Waals surface area contributed by atoms with E-state index in [0.29, 0.717) is 0 Å². The van der Waals surface area contributed by atoms with Crippen LogP contribution in [0.3, 0.4) is 0 Å². The van der Waals surface area contributed by atoms with Gasteiger partial charge < -0.3 is 49.1 Å². The first kappa shape index (κ1) is 51.8. The summed E-state index contributed by atoms with van der Waals surface area (Å²) >= 11 is 0. The van der Waals surface area contributed by atoms with Gasteiger partial charge in [-0.05, 0) is 63.5 Å². The molecular formula is C51H62N2O17. The molecule has 5 aliphatic rings. The minimum Gasteiger partial charge on any atom is -0.455 e. The molecule has 19 nitrogen and oxygen atoms in total. The maximum atomic E-state index is 15.2. The number of nitrogens with zero attached hydrogens (tertiary/aromatic N) is 1. The van der Waals surface area contributed by atoms with Crippen molar-refractivity contribution >= 4 is 47.6 Å². The molecule has 0 spiro atoms. The number of ether oxygens (including phenoxy) is 6. The van der Waals surface area contributed by atoms with Crippen LogP contribution in [0.25, 0.3) is 0 Å². The second kappa shape index (κ2) is 19.0. The van der Waals surface area contributed by atoms with E-state index in [1.165, 1.54) is 52.0 Å². The summed E-state index contributed by atoms with van der Waals surface area (Å²) in [6.45, 7) is 12.7. The number of ketones is 1. The van der Waals surface area contributed by atoms with Crippen LogP contribution >= 0.6 is 0 Å². The van der Waals surface area contributed by atoms with Crippen molar-refractivity contribution in [3.63, 3.8) is 0 Å². The average molecular weight is 975 g/mol. The Labute approximate surface area is 405 Å². The van der Waals surface area contributed by atoms with Gasteiger partial charge in [-0.2, -0.15) is 0 Å². The summed E-state index contributed by atoms with van der Waals surface area (Å²) in [7, 11) is 0. The Bertz CT molecular complexity index is 2470. The van der Waals surface area contributed by atoms with Crippen molar-refractivity contribution < 1.29 is 82.1 Å². The number of benzene rings is 2. The van der Waals surface area contributed by atoms with Gasteiger partial charge in [0.05, 0.1) is 36.0 Å². The van der Waals surface area contributed by atoms with E-state index in [1.807, 2.05) is 0 Å². The summed E-state index contributed by atoms with van der Waals surface area (Å²) in [6, 6.07) is 14.1. The first-order valence-electron chi connectivity index (χ1n) is 23.4. The van der Waals surface area contributed by atoms with Gasteiger partial charge in [0.25, 0.3) is 0 Å². The number of aliphatic hydroxyl groups is 3. The molecule has 7 rings (SSSR count). The maximum Gasteiger partial charge on any atom is 0.408 e. The highest BCUT2D eigenvalue weighted by Gasteiger charge is 2.78. The lowest BCUT2D eigenvalue weighted by atomic mass is 9.44. The van der Waals surface area contributed by atoms with Gasteiger partial charge in [0, 0.05) is 44.1 Å². The number of aliphatic hydroxyl groups excluding tert-OH is 2. The van der Waals surface area contributed by atoms with Crippen molar-refractivity contribution in [3.8, 4) is 0 Å². The second-order valence-corrected chi connectivity index (χ2v) is 20.8. The van der Waals surface area contributed by atoms with Crippen LogP contribution in [0.4, 0.5) is 4.79 Å². The fourth-order valence-electron chi connectivity index (χ4n) is 11.1. The SMILES string of the molecule is CC(=O)O[C@@]12CO[C@H]1C[C@H](O)[C@@]1(C)C(=O)[C@H](O)C3=C(C)[C@H](OC(=O)[C@H](OC(=O)CCN4C(=O)CC(C)C4=O)[C@H](NC(=O)OC(C)(C)C)c4ccccc4)C[C@@](O)([C@@H](OC(=O)c4ccccc4)[C@@H]21)C3(C)C. The lowest BCUT2D eigenvalue weighted by molar-refractivity contribution is -0.346. The Morgan fingerprint density at radius 1 is 0.943 bits per heavy atom. The molecule has 4 fully saturated rings. The summed E-state index contributed by atoms with van der Waals surface area (Å²) in [5.41, 5.74) is -8.93. The summed E-state index contributed by atoms with van der Waals surface area (Å²) in [6.07, 6.45) is -12.8. The zero-order valence-corrected chi connectivity index (χ0v) is 40.7. The number of hydrogen-bond donors (Lipinski definition) is 4. The van der Waals surface area contributed by atoms with Crippen molar-refractivity contribution in [3.05, 3.63) is 82.9 Å². The highest BCUT2D eigenvalue weighted by molar-refractivity contribution is 6.03. The monoisotopic (exact) mass is 974 g/mol. The number of esters is 4. The molecule has 378 valence electrons. The lowest BCUT2D eigenvalue weighted by Gasteiger charge is -2.67. The Balaban J connectivity index is 1.35. The molecule has 2 saturated carbocycles. The number of nitrogens with one attached hydrogen (secondary N) is 1. The Hall–Kier alpha value is -6.02. The van der Waals surface area contributed by atoms with E-state index in [4.69, 9.17) is 28.4 Å². The van der Waals surface area contributed by atoms with E-state index < -0.39 is 143 Å². The number of likely N-dealkylation sites (tertiary alicyclic amines) is 1. The number of carbonyl (C=O) groups is 8. The maximum absolute atomic E-state index is 15.2. The molecule has 2 aromatic carbocycles. The zero-order chi connectivity index (χ0) is 51.5. The number of hydrogen-bond acceptors (Lipinski definition) is 17. The van der Waals surface area contributed by atoms with Gasteiger partial charge in [-0.25, -0.2) is 14.4 Å². The van der Waals surface area contributed by atoms with Gasteiger partial charge in [-0.15, -0.1) is 0 Å². The van der Waals surface area contributed by atoms with Crippen LogP contribution in [0, 0.1) is 22.7 Å². The summed E-state index contributed by atoms with van der Waals surface area (Å²) in [5, 5.41) is 40.8. The average Bonchev–Trinajstić information content (AvgIpc) is 3.53. The molecule has 12 atom stereocenters. The molecule has 19 heteroatoms. The van der Waals surface area contributed by atoms with E-state index in [2.05, 4.69) is 5.32 Å². The molecule has 3 amide bonds. The molecule has 70 heavy (non-hydrogen) atoms. The van der Waals surface area contributed by atoms with Crippen LogP contribution in [0.1, 0.15) is 110 Å². The van der Waals surface area contributed by atoms with Crippen LogP contribution in [-0.4, -0.2) is 134 Å². The minimum atomic E-state index is -2.47. The van der Waals surface area contributed by atoms with Crippen molar-refractivity contribution in [1.29, 1.82) is 0 Å². The fraction of sp³-hybridized carbons (Fsp3) is 0.569. The molecule has 0 aromatic heterocycles. The van der Waals surface area contributed by atoms with Gasteiger partial charge in [0.15, 0.2) is 11.4 Å². The van der Waals surface area contributed by atoms with Crippen molar-refractivity contribution in [1.82, 2.24) is 10.2 Å². The molecule has 4 N–H and O–H groups in total. The number of carbonyl (C=O) groups excluding carboxylic acids is 8. The number of alkyl carbamates (subject to hydrolysis) is 1. The van der Waals surface area contributed by atoms with E-state index in [0.717, 1.165) is 11.8 Å². The van der Waals surface area contributed by atoms with E-state index in [-0.39, 0.29) is 48.3 Å². The predicted octanol–water partition coefficient (Wildman–Crippen LogP) is 3.60. The number of Topliss-reactive ketones (excluding diaryl/α,β-unsaturated/α-hetero) is 1. The lowest BCUT2D eigenvalue weighted by Crippen LogP contribution is -2.81. The van der Waals surface area contributed by atoms with Crippen molar-refractivity contribution in [2.45, 2.75) is 147 Å². The number of imide groups is 1. The molecule has 3 aliphatic carbocycles. The van der Waals surface area contributed by atoms with E-state index in [9.17, 15) is 44.1 Å². The van der Waals surface area contributed by atoms with Crippen LogP contribution < -0.4 is 5.32 Å². The van der Waals surface area contributed by atoms with Gasteiger partial charge in [0.2, 0.25) is 17.9 Å². The standard InChI is InChI=1S/C51H62N2O17/c1-26-22-34(56)53(43(26)60)21-20-35(57)67-39(37(29-16-12-10-13-17-29)52-46(63)70-47(4,5)6)45(62)66-31-24-51(64)42(68-44(61)30-18-14-11-15-19-30)40-49(9,41(59)38(58)36(27(31)2)48(51,7)8)32(55)23-33-50(40,25-65-33)69-28(3)54/h10-19,26,31-33,37-40,42,55,58,64H,20-25H2,1-9H3,(H,52,63)/t26?,31-,32+,33+,37-,38-,39-,40-,42+,49-,50+,51-/m1/s1. The zero-order valence-electron chi connectivity index (χ0n) is 40.7. The first-order valence-corrected chi connectivity index (χ1v) is 23.4. The fourth-order valence-corrected chi connectivity index (χ4v) is 11.1. The second-order valence-electron chi connectivity index (χ2n) is 20.8. The number of amides is 3. The first-order chi connectivity index (χ1) is 32.7. The third-order valence-electron chi connectivity index (χ3n) is 14.8. The number of fused-ring (bicyclic) bond motifs is 5. The summed E-state index contributed by atoms with van der Waals surface area (Å²) in [5.74, 6) is -8.32. The normalized spacial score (nSPS) is 32.1. The quantitative estimate of drug-likeness (QED) is 0.102. The highest BCUT2D eigenvalue weighted by Crippen LogP contribution is 2.64. The number of rotatable bonds is 12. The van der Waals surface area contributed by atoms with E-state index in [1.54, 1.807) is 64.1 Å². The Morgan fingerprint density at radius 3 is 2.13 bits per heavy atom. The van der Waals surface area contributed by atoms with Gasteiger partial charge in [-0.3, -0.25) is 28.9 Å². The topological polar surface area (TPSA) is 268 Å². The Morgan fingerprint density at radius 2 is 1.57 bits per heavy atom. The van der Waals surface area contributed by atoms with Gasteiger partial charge >= 0.3 is 30.0 Å². The predicted molar refractivity (Wildman–Crippen MR) is 243 cm³/mol. The molecular weight excluding hydrogens is 913 g/mol. The smallest absolute Gasteiger partial charge is 0.408 e. The molecule has 2 saturated heterocycles. The van der Waals surface area contributed by atoms with Crippen LogP contribution in [0.5, 0.6) is 0 Å². The van der Waals surface area contributed by atoms with Gasteiger partial charge in [0.1, 0.15) is 41.7 Å². The van der Waals surface area contributed by atoms with Crippen LogP contribution in [0.15, 0.2) is 71.8 Å². The third-order valence-corrected chi connectivity index (χ3v) is 14.8. The van der Waals surface area contributed by atoms with E-state index >= 15 is 9.59 Å². The summed E-state index contributed by atoms with van der Waals surface area (Å²) < 4.78 is 36.0. The largest absolute Gasteiger partial charge is 0.455 e. The van der Waals surface area contributed by atoms with Gasteiger partial charge in [-0.1, -0.05) is 69.3 Å². The Kier molecular flexibility index (Phi) is 14.0. The molecule has 2 aromatic rings. The molecule has 2 heterocycles. The van der Waals surface area contributed by atoms with Crippen molar-refractivity contribution in [2.75, 3.05) is 13.2 Å². The van der Waals surface area contributed by atoms with Crippen LogP contribution in [-0.2, 0) is 57.2 Å². The minimum absolute atomic E-state index is 0.0335. The summed E-state index contributed by atoms with van der Waals surface area (Å²) in [4.78, 5) is 111. The molecule has 2 aliphatic heterocycles. The molecule has 1 unspecified atom stereocenters.